The summed E-state index contributed by atoms with van der Waals surface area (Å²) in [5.74, 6) is -0.721. The second-order valence-corrected chi connectivity index (χ2v) is 4.40. The zero-order valence-electron chi connectivity index (χ0n) is 11.6. The average molecular weight is 287 g/mol. The minimum absolute atomic E-state index is 0.0138. The molecule has 0 heterocycles. The number of carbonyl (C=O) groups is 1. The van der Waals surface area contributed by atoms with Gasteiger partial charge in [-0.3, -0.25) is 9.69 Å². The molecule has 4 nitrogen and oxygen atoms in total. The molecular formula is C14H19F2NO3. The Balaban J connectivity index is 2.69. The molecule has 0 aromatic heterocycles. The highest BCUT2D eigenvalue weighted by Gasteiger charge is 2.15. The lowest BCUT2D eigenvalue weighted by Gasteiger charge is -2.27. The average Bonchev–Trinajstić information content (AvgIpc) is 2.39. The van der Waals surface area contributed by atoms with E-state index in [1.807, 2.05) is 18.7 Å². The minimum Gasteiger partial charge on any atom is -0.481 e. The molecule has 1 aromatic rings. The van der Waals surface area contributed by atoms with Gasteiger partial charge in [-0.1, -0.05) is 19.1 Å². The van der Waals surface area contributed by atoms with E-state index in [0.29, 0.717) is 13.1 Å². The molecule has 1 N–H and O–H groups in total. The van der Waals surface area contributed by atoms with Gasteiger partial charge in [0.15, 0.2) is 0 Å². The fraction of sp³-hybridized carbons (Fsp3) is 0.500. The van der Waals surface area contributed by atoms with Gasteiger partial charge in [0, 0.05) is 12.6 Å². The van der Waals surface area contributed by atoms with E-state index in [1.165, 1.54) is 12.1 Å². The summed E-state index contributed by atoms with van der Waals surface area (Å²) < 4.78 is 28.4. The summed E-state index contributed by atoms with van der Waals surface area (Å²) in [6.45, 7) is 2.23. The van der Waals surface area contributed by atoms with Crippen LogP contribution in [0.3, 0.4) is 0 Å². The van der Waals surface area contributed by atoms with Crippen LogP contribution in [0.4, 0.5) is 8.78 Å². The normalized spacial score (nSPS) is 12.7. The molecule has 0 saturated carbocycles. The van der Waals surface area contributed by atoms with Gasteiger partial charge in [0.2, 0.25) is 0 Å². The molecule has 1 unspecified atom stereocenters. The Kier molecular flexibility index (Phi) is 6.38. The second-order valence-electron chi connectivity index (χ2n) is 4.40. The first-order valence-electron chi connectivity index (χ1n) is 6.44. The molecule has 112 valence electrons. The second kappa shape index (κ2) is 7.79. The van der Waals surface area contributed by atoms with Gasteiger partial charge in [0.1, 0.15) is 5.75 Å². The van der Waals surface area contributed by atoms with Crippen LogP contribution in [0, 0.1) is 0 Å². The molecule has 0 aliphatic rings. The van der Waals surface area contributed by atoms with E-state index in [4.69, 9.17) is 5.11 Å². The summed E-state index contributed by atoms with van der Waals surface area (Å²) in [5.41, 5.74) is 0.929. The molecule has 0 fully saturated rings. The fourth-order valence-electron chi connectivity index (χ4n) is 2.00. The SMILES string of the molecule is CCN(CCC(=O)O)C(C)c1ccc(OC(F)F)cc1. The van der Waals surface area contributed by atoms with E-state index in [1.54, 1.807) is 12.1 Å². The molecule has 0 aliphatic heterocycles. The van der Waals surface area contributed by atoms with Crippen LogP contribution in [0.25, 0.3) is 0 Å². The smallest absolute Gasteiger partial charge is 0.387 e. The van der Waals surface area contributed by atoms with E-state index in [9.17, 15) is 13.6 Å². The number of rotatable bonds is 8. The number of aliphatic carboxylic acids is 1. The first-order valence-corrected chi connectivity index (χ1v) is 6.44. The van der Waals surface area contributed by atoms with Gasteiger partial charge in [-0.05, 0) is 31.2 Å². The number of ether oxygens (including phenoxy) is 1. The van der Waals surface area contributed by atoms with Crippen molar-refractivity contribution in [2.24, 2.45) is 0 Å². The summed E-state index contributed by atoms with van der Waals surface area (Å²) in [4.78, 5) is 12.6. The van der Waals surface area contributed by atoms with Gasteiger partial charge in [-0.2, -0.15) is 8.78 Å². The van der Waals surface area contributed by atoms with E-state index < -0.39 is 12.6 Å². The molecule has 0 aliphatic carbocycles. The highest BCUT2D eigenvalue weighted by atomic mass is 19.3. The van der Waals surface area contributed by atoms with E-state index in [-0.39, 0.29) is 18.2 Å². The number of alkyl halides is 2. The van der Waals surface area contributed by atoms with Crippen molar-refractivity contribution in [1.29, 1.82) is 0 Å². The number of hydrogen-bond acceptors (Lipinski definition) is 3. The van der Waals surface area contributed by atoms with Crippen molar-refractivity contribution in [2.45, 2.75) is 32.9 Å². The van der Waals surface area contributed by atoms with Crippen molar-refractivity contribution in [3.05, 3.63) is 29.8 Å². The molecule has 0 bridgehead atoms. The maximum atomic E-state index is 12.1. The summed E-state index contributed by atoms with van der Waals surface area (Å²) in [7, 11) is 0. The third kappa shape index (κ3) is 5.13. The van der Waals surface area contributed by atoms with Gasteiger partial charge < -0.3 is 9.84 Å². The monoisotopic (exact) mass is 287 g/mol. The lowest BCUT2D eigenvalue weighted by atomic mass is 10.1. The maximum Gasteiger partial charge on any atom is 0.387 e. The molecule has 0 amide bonds. The Morgan fingerprint density at radius 2 is 1.95 bits per heavy atom. The zero-order chi connectivity index (χ0) is 15.1. The Bertz CT molecular complexity index is 423. The van der Waals surface area contributed by atoms with Gasteiger partial charge in [0.05, 0.1) is 6.42 Å². The van der Waals surface area contributed by atoms with Crippen LogP contribution in [0.1, 0.15) is 31.9 Å². The predicted molar refractivity (Wildman–Crippen MR) is 71.0 cm³/mol. The first kappa shape index (κ1) is 16.4. The highest BCUT2D eigenvalue weighted by molar-refractivity contribution is 5.66. The van der Waals surface area contributed by atoms with Gasteiger partial charge in [-0.25, -0.2) is 0 Å². The summed E-state index contributed by atoms with van der Waals surface area (Å²) >= 11 is 0. The van der Waals surface area contributed by atoms with Crippen LogP contribution >= 0.6 is 0 Å². The Labute approximate surface area is 117 Å². The van der Waals surface area contributed by atoms with Crippen molar-refractivity contribution >= 4 is 5.97 Å². The largest absolute Gasteiger partial charge is 0.481 e. The van der Waals surface area contributed by atoms with Crippen LogP contribution in [0.15, 0.2) is 24.3 Å². The number of nitrogens with zero attached hydrogens (tertiary/aromatic N) is 1. The lowest BCUT2D eigenvalue weighted by molar-refractivity contribution is -0.137. The van der Waals surface area contributed by atoms with Crippen molar-refractivity contribution in [3.8, 4) is 5.75 Å². The van der Waals surface area contributed by atoms with E-state index in [2.05, 4.69) is 4.74 Å². The van der Waals surface area contributed by atoms with Crippen LogP contribution in [-0.2, 0) is 4.79 Å². The lowest BCUT2D eigenvalue weighted by Crippen LogP contribution is -2.29. The minimum atomic E-state index is -2.83. The van der Waals surface area contributed by atoms with Crippen LogP contribution in [0.2, 0.25) is 0 Å². The summed E-state index contributed by atoms with van der Waals surface area (Å²) in [5, 5.41) is 8.72. The van der Waals surface area contributed by atoms with Crippen molar-refractivity contribution < 1.29 is 23.4 Å². The number of halogens is 2. The molecule has 0 spiro atoms. The quantitative estimate of drug-likeness (QED) is 0.798. The third-order valence-electron chi connectivity index (χ3n) is 3.15. The van der Waals surface area contributed by atoms with Gasteiger partial charge in [0.25, 0.3) is 0 Å². The molecule has 1 rings (SSSR count). The topological polar surface area (TPSA) is 49.8 Å². The Morgan fingerprint density at radius 3 is 2.40 bits per heavy atom. The van der Waals surface area contributed by atoms with E-state index >= 15 is 0 Å². The molecule has 1 aromatic carbocycles. The molecular weight excluding hydrogens is 268 g/mol. The number of carboxylic acid groups (broad SMARTS) is 1. The third-order valence-corrected chi connectivity index (χ3v) is 3.15. The first-order chi connectivity index (χ1) is 9.43. The Hall–Kier alpha value is -1.69. The van der Waals surface area contributed by atoms with Crippen molar-refractivity contribution in [2.75, 3.05) is 13.1 Å². The number of benzene rings is 1. The molecule has 0 saturated heterocycles. The number of carboxylic acids is 1. The predicted octanol–water partition coefficient (Wildman–Crippen LogP) is 3.15. The van der Waals surface area contributed by atoms with Gasteiger partial charge in [-0.15, -0.1) is 0 Å². The zero-order valence-corrected chi connectivity index (χ0v) is 11.6. The van der Waals surface area contributed by atoms with Crippen molar-refractivity contribution in [1.82, 2.24) is 4.90 Å². The van der Waals surface area contributed by atoms with Gasteiger partial charge >= 0.3 is 12.6 Å². The van der Waals surface area contributed by atoms with Crippen molar-refractivity contribution in [3.63, 3.8) is 0 Å². The van der Waals surface area contributed by atoms with E-state index in [0.717, 1.165) is 5.56 Å². The van der Waals surface area contributed by atoms with Crippen LogP contribution in [-0.4, -0.2) is 35.7 Å². The molecule has 20 heavy (non-hydrogen) atoms. The maximum absolute atomic E-state index is 12.1. The number of hydrogen-bond donors (Lipinski definition) is 1. The van der Waals surface area contributed by atoms with Crippen LogP contribution in [0.5, 0.6) is 5.75 Å². The Morgan fingerprint density at radius 1 is 1.35 bits per heavy atom. The fourth-order valence-corrected chi connectivity index (χ4v) is 2.00. The molecule has 1 atom stereocenters. The standard InChI is InChI=1S/C14H19F2NO3/c1-3-17(9-8-13(18)19)10(2)11-4-6-12(7-5-11)20-14(15)16/h4-7,10,14H,3,8-9H2,1-2H3,(H,18,19). The molecule has 0 radical (unpaired) electrons. The summed E-state index contributed by atoms with van der Waals surface area (Å²) in [6, 6.07) is 6.42. The highest BCUT2D eigenvalue weighted by Crippen LogP contribution is 2.23. The van der Waals surface area contributed by atoms with Crippen LogP contribution < -0.4 is 4.74 Å². The summed E-state index contributed by atoms with van der Waals surface area (Å²) in [6.07, 6.45) is 0.0742. The molecule has 6 heteroatoms.